The first kappa shape index (κ1) is 54.3. The quantitative estimate of drug-likeness (QED) is 0.189. The minimum atomic E-state index is -1.39. The fourth-order valence-electron chi connectivity index (χ4n) is 11.4. The third kappa shape index (κ3) is 10.7. The number of nitrogens with zero attached hydrogens (tertiary/aromatic N) is 5. The number of aromatic nitrogens is 4. The van der Waals surface area contributed by atoms with Crippen LogP contribution in [0.2, 0.25) is 0 Å². The van der Waals surface area contributed by atoms with Crippen molar-refractivity contribution in [2.75, 3.05) is 39.8 Å². The molecule has 19 atom stereocenters. The van der Waals surface area contributed by atoms with Crippen molar-refractivity contribution in [2.45, 2.75) is 191 Å². The first-order valence-corrected chi connectivity index (χ1v) is 25.2. The normalized spacial score (nSPS) is 42.2. The Hall–Kier alpha value is -3.05. The van der Waals surface area contributed by atoms with Crippen LogP contribution in [0, 0.1) is 29.6 Å². The highest BCUT2D eigenvalue weighted by molar-refractivity contribution is 8.00. The number of methoxy groups -OCH3 is 2. The molecule has 19 nitrogen and oxygen atoms in total. The van der Waals surface area contributed by atoms with Crippen LogP contribution in [0.4, 0.5) is 5.82 Å². The van der Waals surface area contributed by atoms with Gasteiger partial charge in [0.25, 0.3) is 0 Å². The van der Waals surface area contributed by atoms with Crippen LogP contribution in [-0.2, 0) is 58.8 Å². The highest BCUT2D eigenvalue weighted by Crippen LogP contribution is 2.49. The van der Waals surface area contributed by atoms with E-state index >= 15 is 4.79 Å². The van der Waals surface area contributed by atoms with E-state index in [9.17, 15) is 19.8 Å². The number of ether oxygens (including phenoxy) is 8. The number of aliphatic hydroxyl groups excluding tert-OH is 2. The number of hydrogen-bond donors (Lipinski definition) is 3. The van der Waals surface area contributed by atoms with Crippen molar-refractivity contribution in [2.24, 2.45) is 29.6 Å². The molecule has 2 aromatic heterocycles. The van der Waals surface area contributed by atoms with E-state index in [1.807, 2.05) is 65.1 Å². The van der Waals surface area contributed by atoms with E-state index in [2.05, 4.69) is 15.0 Å². The molecule has 20 heteroatoms. The summed E-state index contributed by atoms with van der Waals surface area (Å²) in [7, 11) is 6.85. The fraction of sp³-hybridized carbons (Fsp3) is 0.833. The number of thioether (sulfide) groups is 1. The summed E-state index contributed by atoms with van der Waals surface area (Å²) in [6.45, 7) is 18.7. The number of nitrogens with two attached hydrogens (primary N) is 1. The second-order valence-corrected chi connectivity index (χ2v) is 21.9. The van der Waals surface area contributed by atoms with Gasteiger partial charge in [-0.05, 0) is 87.1 Å². The van der Waals surface area contributed by atoms with Gasteiger partial charge in [-0.3, -0.25) is 14.4 Å². The van der Waals surface area contributed by atoms with Crippen LogP contribution in [0.5, 0.6) is 0 Å². The lowest BCUT2D eigenvalue weighted by Gasteiger charge is -2.50. The van der Waals surface area contributed by atoms with Crippen molar-refractivity contribution < 1.29 is 62.5 Å². The van der Waals surface area contributed by atoms with Gasteiger partial charge in [-0.1, -0.05) is 27.7 Å². The predicted molar refractivity (Wildman–Crippen MR) is 253 cm³/mol. The Morgan fingerprint density at radius 1 is 0.926 bits per heavy atom. The van der Waals surface area contributed by atoms with Crippen LogP contribution < -0.4 is 5.73 Å². The Kier molecular flexibility index (Phi) is 17.4. The van der Waals surface area contributed by atoms with E-state index in [0.29, 0.717) is 36.3 Å². The number of hydrogen-bond acceptors (Lipinski definition) is 19. The minimum Gasteiger partial charge on any atom is -0.458 e. The van der Waals surface area contributed by atoms with Crippen LogP contribution in [-0.4, -0.2) is 170 Å². The highest BCUT2D eigenvalue weighted by Gasteiger charge is 2.62. The van der Waals surface area contributed by atoms with Gasteiger partial charge in [0.05, 0.1) is 47.9 Å². The van der Waals surface area contributed by atoms with Crippen LogP contribution >= 0.6 is 11.8 Å². The lowest BCUT2D eigenvalue weighted by atomic mass is 9.70. The molecule has 384 valence electrons. The van der Waals surface area contributed by atoms with E-state index in [1.54, 1.807) is 41.1 Å². The van der Waals surface area contributed by atoms with Gasteiger partial charge in [0, 0.05) is 56.9 Å². The maximum Gasteiger partial charge on any atom is 0.320 e. The van der Waals surface area contributed by atoms with Crippen LogP contribution in [0.25, 0.3) is 11.2 Å². The summed E-state index contributed by atoms with van der Waals surface area (Å²) in [6, 6.07) is -0.300. The molecule has 4 saturated heterocycles. The predicted octanol–water partition coefficient (Wildman–Crippen LogP) is 4.17. The molecule has 6 rings (SSSR count). The maximum absolute atomic E-state index is 15.1. The molecule has 6 heterocycles. The number of aryl methyl sites for hydroxylation is 1. The molecule has 4 aliphatic heterocycles. The summed E-state index contributed by atoms with van der Waals surface area (Å²) in [6.07, 6.45) is -3.25. The highest BCUT2D eigenvalue weighted by atomic mass is 32.2. The summed E-state index contributed by atoms with van der Waals surface area (Å²) >= 11 is 1.41. The summed E-state index contributed by atoms with van der Waals surface area (Å²) in [4.78, 5) is 59.0. The summed E-state index contributed by atoms with van der Waals surface area (Å²) in [5, 5.41) is 22.2. The third-order valence-electron chi connectivity index (χ3n) is 15.5. The summed E-state index contributed by atoms with van der Waals surface area (Å²) in [5.74, 6) is -4.24. The molecule has 0 saturated carbocycles. The first-order valence-electron chi connectivity index (χ1n) is 24.2. The van der Waals surface area contributed by atoms with E-state index in [-0.39, 0.29) is 43.0 Å². The lowest BCUT2D eigenvalue weighted by molar-refractivity contribution is -0.319. The maximum atomic E-state index is 15.1. The zero-order valence-corrected chi connectivity index (χ0v) is 43.3. The molecule has 4 fully saturated rings. The second-order valence-electron chi connectivity index (χ2n) is 20.6. The molecule has 2 aromatic rings. The van der Waals surface area contributed by atoms with Crippen LogP contribution in [0.3, 0.4) is 0 Å². The molecule has 0 radical (unpaired) electrons. The molecule has 4 N–H and O–H groups in total. The minimum absolute atomic E-state index is 0.122. The molecular weight excluding hydrogens is 901 g/mol. The molecule has 0 spiro atoms. The molecule has 0 aliphatic carbocycles. The Bertz CT molecular complexity index is 2070. The number of ketones is 1. The number of rotatable bonds is 13. The number of nitrogen functional groups attached to an aromatic ring is 1. The molecule has 4 aliphatic rings. The van der Waals surface area contributed by atoms with Crippen molar-refractivity contribution in [3.05, 3.63) is 12.7 Å². The fourth-order valence-corrected chi connectivity index (χ4v) is 12.9. The van der Waals surface area contributed by atoms with Gasteiger partial charge in [-0.25, -0.2) is 15.0 Å². The third-order valence-corrected chi connectivity index (χ3v) is 16.9. The van der Waals surface area contributed by atoms with Gasteiger partial charge < -0.3 is 63.3 Å². The topological polar surface area (TPSA) is 238 Å². The largest absolute Gasteiger partial charge is 0.458 e. The average molecular weight is 979 g/mol. The van der Waals surface area contributed by atoms with Gasteiger partial charge in [-0.15, -0.1) is 11.8 Å². The Balaban J connectivity index is 1.39. The van der Waals surface area contributed by atoms with Crippen molar-refractivity contribution >= 4 is 46.5 Å². The Morgan fingerprint density at radius 2 is 1.62 bits per heavy atom. The van der Waals surface area contributed by atoms with Gasteiger partial charge >= 0.3 is 11.9 Å². The number of carbonyl (C=O) groups is 3. The van der Waals surface area contributed by atoms with Crippen molar-refractivity contribution in [3.8, 4) is 0 Å². The zero-order chi connectivity index (χ0) is 50.2. The van der Waals surface area contributed by atoms with Crippen LogP contribution in [0.1, 0.15) is 101 Å². The monoisotopic (exact) mass is 979 g/mol. The van der Waals surface area contributed by atoms with Gasteiger partial charge in [0.1, 0.15) is 41.2 Å². The number of cyclic esters (lactones) is 1. The van der Waals surface area contributed by atoms with E-state index in [0.717, 1.165) is 0 Å². The molecular formula is C48H78N6O13S. The first-order chi connectivity index (χ1) is 31.9. The van der Waals surface area contributed by atoms with Crippen molar-refractivity contribution in [1.29, 1.82) is 0 Å². The molecule has 0 aromatic carbocycles. The van der Waals surface area contributed by atoms with Gasteiger partial charge in [0.2, 0.25) is 0 Å². The SMILES string of the molecule is CC[C@H]1OC(=O)[C@H](C)[C@@H](O[C@H]2C[C@@](C)(OC)[C@@H](O)[C@@H](C)O2)[C@H](C)[C@@H](O[C@@H]2O[C@H](C)C[C@H](N(C)C)[C@H]2O)[C@](C)(OC)C[C@@H](C)C(=O)[C@H](C)C2C(SCCCn3cnc4c(N)ncnc43)C(=O)O[C@@]21C. The molecule has 0 bridgehead atoms. The number of esters is 2. The number of likely N-dealkylation sites (N-methyl/N-ethyl adjacent to an activating group) is 1. The van der Waals surface area contributed by atoms with Crippen LogP contribution in [0.15, 0.2) is 12.7 Å². The second kappa shape index (κ2) is 21.7. The van der Waals surface area contributed by atoms with E-state index in [4.69, 9.17) is 43.6 Å². The average Bonchev–Trinajstić information content (AvgIpc) is 3.83. The standard InChI is InChI=1S/C48H78N6O13S/c1-15-31-48(10)33(38(44(59)67-48)68-18-16-17-54-23-52-34-41(49)50-22-51-42(34)54)26(4)35(55)24(2)20-47(9,61-14)40(66-45-36(56)30(53(11)12)19-25(3)62-45)27(5)37(28(6)43(58)64-31)65-32-21-46(8,60-13)39(57)29(7)63-32/h22-33,36-40,45,56-57H,15-21H2,1-14H3,(H2,49,50,51)/t24-,25-,26-,27+,28-,29-,30+,31-,32+,33?,36-,37+,38?,39+,40-,45+,46-,47-,48-/m1/s1. The lowest BCUT2D eigenvalue weighted by Crippen LogP contribution is -2.61. The Morgan fingerprint density at radius 3 is 2.26 bits per heavy atom. The zero-order valence-electron chi connectivity index (χ0n) is 42.4. The number of aliphatic hydroxyl groups is 2. The smallest absolute Gasteiger partial charge is 0.320 e. The Labute approximate surface area is 405 Å². The number of Topliss-reactive ketones (excluding diaryl/α,β-unsaturated/α-hetero) is 1. The van der Waals surface area contributed by atoms with E-state index < -0.39 is 113 Å². The number of anilines is 1. The number of fused-ring (bicyclic) bond motifs is 2. The molecule has 2 unspecified atom stereocenters. The molecule has 0 amide bonds. The van der Waals surface area contributed by atoms with Crippen molar-refractivity contribution in [3.63, 3.8) is 0 Å². The van der Waals surface area contributed by atoms with E-state index in [1.165, 1.54) is 25.2 Å². The van der Waals surface area contributed by atoms with Crippen molar-refractivity contribution in [1.82, 2.24) is 24.4 Å². The molecule has 68 heavy (non-hydrogen) atoms. The van der Waals surface area contributed by atoms with Gasteiger partial charge in [0.15, 0.2) is 29.6 Å². The number of carbonyl (C=O) groups excluding carboxylic acids is 3. The van der Waals surface area contributed by atoms with Gasteiger partial charge in [-0.2, -0.15) is 0 Å². The summed E-state index contributed by atoms with van der Waals surface area (Å²) < 4.78 is 53.6. The summed E-state index contributed by atoms with van der Waals surface area (Å²) in [5.41, 5.74) is 3.43. The number of imidazole rings is 1.